The number of likely N-dealkylation sites (tertiary alicyclic amines) is 1. The van der Waals surface area contributed by atoms with Crippen molar-refractivity contribution in [2.24, 2.45) is 5.92 Å². The predicted molar refractivity (Wildman–Crippen MR) is 95.0 cm³/mol. The van der Waals surface area contributed by atoms with E-state index in [1.54, 1.807) is 11.3 Å². The summed E-state index contributed by atoms with van der Waals surface area (Å²) in [6.07, 6.45) is 6.81. The van der Waals surface area contributed by atoms with Gasteiger partial charge in [-0.15, -0.1) is 11.3 Å². The molecule has 1 unspecified atom stereocenters. The van der Waals surface area contributed by atoms with E-state index in [0.717, 1.165) is 38.8 Å². The van der Waals surface area contributed by atoms with Gasteiger partial charge in [0.2, 0.25) is 0 Å². The van der Waals surface area contributed by atoms with Crippen LogP contribution in [0.3, 0.4) is 0 Å². The van der Waals surface area contributed by atoms with Crippen LogP contribution in [0, 0.1) is 12.8 Å². The lowest BCUT2D eigenvalue weighted by atomic mass is 9.74. The molecule has 1 saturated carbocycles. The molecule has 128 valence electrons. The molecular weight excluding hydrogens is 306 g/mol. The first-order chi connectivity index (χ1) is 11.0. The third-order valence-electron chi connectivity index (χ3n) is 5.79. The summed E-state index contributed by atoms with van der Waals surface area (Å²) in [4.78, 5) is 18.0. The van der Waals surface area contributed by atoms with E-state index in [9.17, 15) is 4.79 Å². The summed E-state index contributed by atoms with van der Waals surface area (Å²) < 4.78 is 6.02. The molecule has 0 radical (unpaired) electrons. The summed E-state index contributed by atoms with van der Waals surface area (Å²) >= 11 is 1.76. The van der Waals surface area contributed by atoms with Crippen molar-refractivity contribution in [1.82, 2.24) is 4.90 Å². The van der Waals surface area contributed by atoms with Gasteiger partial charge in [-0.25, -0.2) is 0 Å². The zero-order valence-electron chi connectivity index (χ0n) is 14.6. The van der Waals surface area contributed by atoms with Crippen LogP contribution in [0.2, 0.25) is 0 Å². The number of esters is 1. The molecular formula is C19H29NO2S. The van der Waals surface area contributed by atoms with E-state index >= 15 is 0 Å². The highest BCUT2D eigenvalue weighted by Gasteiger charge is 2.47. The maximum Gasteiger partial charge on any atom is 0.317 e. The zero-order valence-corrected chi connectivity index (χ0v) is 15.5. The normalized spacial score (nSPS) is 23.8. The van der Waals surface area contributed by atoms with Crippen molar-refractivity contribution in [3.63, 3.8) is 0 Å². The van der Waals surface area contributed by atoms with Crippen LogP contribution in [0.15, 0.2) is 12.1 Å². The molecule has 3 rings (SSSR count). The molecule has 1 saturated heterocycles. The Morgan fingerprint density at radius 2 is 1.87 bits per heavy atom. The lowest BCUT2D eigenvalue weighted by molar-refractivity contribution is -0.160. The Morgan fingerprint density at radius 1 is 1.22 bits per heavy atom. The third-order valence-corrected chi connectivity index (χ3v) is 7.03. The fourth-order valence-corrected chi connectivity index (χ4v) is 5.14. The molecule has 1 aliphatic carbocycles. The summed E-state index contributed by atoms with van der Waals surface area (Å²) in [5, 5.41) is 0. The molecule has 0 bridgehead atoms. The van der Waals surface area contributed by atoms with Gasteiger partial charge in [-0.1, -0.05) is 12.8 Å². The zero-order chi connectivity index (χ0) is 16.4. The van der Waals surface area contributed by atoms with E-state index in [0.29, 0.717) is 5.92 Å². The molecule has 2 heterocycles. The van der Waals surface area contributed by atoms with Crippen molar-refractivity contribution in [2.45, 2.75) is 63.9 Å². The van der Waals surface area contributed by atoms with Gasteiger partial charge in [-0.2, -0.15) is 0 Å². The molecule has 23 heavy (non-hydrogen) atoms. The Morgan fingerprint density at radius 3 is 2.43 bits per heavy atom. The van der Waals surface area contributed by atoms with E-state index in [1.165, 1.54) is 22.6 Å². The van der Waals surface area contributed by atoms with Gasteiger partial charge in [0.1, 0.15) is 11.5 Å². The quantitative estimate of drug-likeness (QED) is 0.775. The van der Waals surface area contributed by atoms with Crippen LogP contribution in [0.1, 0.15) is 55.2 Å². The van der Waals surface area contributed by atoms with Gasteiger partial charge in [-0.05, 0) is 64.6 Å². The second-order valence-electron chi connectivity index (χ2n) is 7.50. The van der Waals surface area contributed by atoms with E-state index < -0.39 is 5.41 Å². The molecule has 0 N–H and O–H groups in total. The molecule has 0 aromatic carbocycles. The first-order valence-electron chi connectivity index (χ1n) is 8.96. The van der Waals surface area contributed by atoms with Crippen LogP contribution in [0.25, 0.3) is 0 Å². The van der Waals surface area contributed by atoms with Crippen LogP contribution < -0.4 is 0 Å². The fraction of sp³-hybridized carbons (Fsp3) is 0.737. The lowest BCUT2D eigenvalue weighted by Crippen LogP contribution is -2.44. The van der Waals surface area contributed by atoms with E-state index in [-0.39, 0.29) is 12.1 Å². The van der Waals surface area contributed by atoms with Crippen LogP contribution in [-0.4, -0.2) is 37.1 Å². The molecule has 1 aromatic heterocycles. The van der Waals surface area contributed by atoms with Gasteiger partial charge in [0.05, 0.1) is 0 Å². The molecule has 2 aliphatic rings. The van der Waals surface area contributed by atoms with Gasteiger partial charge in [0.25, 0.3) is 0 Å². The van der Waals surface area contributed by atoms with Crippen molar-refractivity contribution in [2.75, 3.05) is 20.1 Å². The molecule has 1 aromatic rings. The molecule has 4 heteroatoms. The van der Waals surface area contributed by atoms with E-state index in [4.69, 9.17) is 4.74 Å². The van der Waals surface area contributed by atoms with Gasteiger partial charge >= 0.3 is 5.97 Å². The number of carbonyl (C=O) groups is 1. The maximum absolute atomic E-state index is 13.2. The first kappa shape index (κ1) is 17.0. The number of aryl methyl sites for hydroxylation is 1. The second-order valence-corrected chi connectivity index (χ2v) is 8.79. The minimum atomic E-state index is -0.460. The fourth-order valence-electron chi connectivity index (χ4n) is 4.06. The number of thiophene rings is 1. The largest absolute Gasteiger partial charge is 0.462 e. The number of ether oxygens (including phenoxy) is 1. The number of nitrogens with zero attached hydrogens (tertiary/aromatic N) is 1. The second kappa shape index (κ2) is 6.94. The Labute approximate surface area is 144 Å². The first-order valence-corrected chi connectivity index (χ1v) is 9.78. The SMILES string of the molecule is Cc1ccc(C(C)(C(=O)OC2CCN(C)CC2)C2CCCC2)s1. The van der Waals surface area contributed by atoms with Crippen LogP contribution >= 0.6 is 11.3 Å². The standard InChI is InChI=1S/C19H29NO2S/c1-14-8-9-17(23-14)19(2,15-6-4-5-7-15)18(21)22-16-10-12-20(3)13-11-16/h8-9,15-16H,4-7,10-13H2,1-3H3. The van der Waals surface area contributed by atoms with Crippen molar-refractivity contribution in [3.8, 4) is 0 Å². The number of rotatable bonds is 4. The molecule has 1 aliphatic heterocycles. The highest BCUT2D eigenvalue weighted by Crippen LogP contribution is 2.45. The average Bonchev–Trinajstić information content (AvgIpc) is 3.20. The van der Waals surface area contributed by atoms with Crippen LogP contribution in [-0.2, 0) is 14.9 Å². The van der Waals surface area contributed by atoms with Crippen LogP contribution in [0.4, 0.5) is 0 Å². The summed E-state index contributed by atoms with van der Waals surface area (Å²) in [6, 6.07) is 4.28. The number of carbonyl (C=O) groups excluding carboxylic acids is 1. The molecule has 2 fully saturated rings. The third kappa shape index (κ3) is 3.48. The van der Waals surface area contributed by atoms with Gasteiger partial charge in [0.15, 0.2) is 0 Å². The summed E-state index contributed by atoms with van der Waals surface area (Å²) in [5.74, 6) is 0.445. The minimum absolute atomic E-state index is 0.0146. The Kier molecular flexibility index (Phi) is 5.12. The van der Waals surface area contributed by atoms with E-state index in [2.05, 4.69) is 37.9 Å². The summed E-state index contributed by atoms with van der Waals surface area (Å²) in [7, 11) is 2.13. The van der Waals surface area contributed by atoms with Crippen molar-refractivity contribution < 1.29 is 9.53 Å². The van der Waals surface area contributed by atoms with Crippen LogP contribution in [0.5, 0.6) is 0 Å². The topological polar surface area (TPSA) is 29.5 Å². The Hall–Kier alpha value is -0.870. The summed E-state index contributed by atoms with van der Waals surface area (Å²) in [5.41, 5.74) is -0.460. The smallest absolute Gasteiger partial charge is 0.317 e. The van der Waals surface area contributed by atoms with Crippen molar-refractivity contribution >= 4 is 17.3 Å². The molecule has 1 atom stereocenters. The van der Waals surface area contributed by atoms with Gasteiger partial charge in [0, 0.05) is 22.8 Å². The average molecular weight is 336 g/mol. The minimum Gasteiger partial charge on any atom is -0.462 e. The highest BCUT2D eigenvalue weighted by atomic mass is 32.1. The van der Waals surface area contributed by atoms with Gasteiger partial charge in [-0.3, -0.25) is 4.79 Å². The number of hydrogen-bond donors (Lipinski definition) is 0. The van der Waals surface area contributed by atoms with Crippen molar-refractivity contribution in [1.29, 1.82) is 0 Å². The van der Waals surface area contributed by atoms with Crippen molar-refractivity contribution in [3.05, 3.63) is 21.9 Å². The monoisotopic (exact) mass is 335 g/mol. The molecule has 0 spiro atoms. The summed E-state index contributed by atoms with van der Waals surface area (Å²) in [6.45, 7) is 6.30. The number of piperidine rings is 1. The lowest BCUT2D eigenvalue weighted by Gasteiger charge is -2.36. The Bertz CT molecular complexity index is 541. The predicted octanol–water partition coefficient (Wildman–Crippen LogP) is 4.14. The number of hydrogen-bond acceptors (Lipinski definition) is 4. The molecule has 3 nitrogen and oxygen atoms in total. The Balaban J connectivity index is 1.78. The molecule has 0 amide bonds. The van der Waals surface area contributed by atoms with E-state index in [1.807, 2.05) is 0 Å². The maximum atomic E-state index is 13.2. The highest BCUT2D eigenvalue weighted by molar-refractivity contribution is 7.12. The van der Waals surface area contributed by atoms with Gasteiger partial charge < -0.3 is 9.64 Å².